The Hall–Kier alpha value is -3.08. The molecule has 0 radical (unpaired) electrons. The monoisotopic (exact) mass is 309 g/mol. The fraction of sp³-hybridized carbons (Fsp3) is 0.111. The van der Waals surface area contributed by atoms with Gasteiger partial charge in [-0.25, -0.2) is 0 Å². The number of ether oxygens (including phenoxy) is 2. The van der Waals surface area contributed by atoms with Gasteiger partial charge in [0.1, 0.15) is 0 Å². The highest BCUT2D eigenvalue weighted by atomic mass is 16.5. The number of allylic oxidation sites excluding steroid dienone is 1. The minimum atomic E-state index is -0.278. The van der Waals surface area contributed by atoms with Crippen LogP contribution in [0, 0.1) is 0 Å². The first-order chi connectivity index (χ1) is 11.1. The molecule has 0 spiro atoms. The molecule has 0 fully saturated rings. The number of para-hydroxylation sites is 1. The lowest BCUT2D eigenvalue weighted by Gasteiger charge is -2.08. The molecule has 0 atom stereocenters. The van der Waals surface area contributed by atoms with E-state index < -0.39 is 0 Å². The Bertz CT molecular complexity index is 824. The van der Waals surface area contributed by atoms with Crippen LogP contribution in [0.3, 0.4) is 0 Å². The SMILES string of the molecule is COc1ccc(C(=O)C=C2C(=O)Nc3ccccc32)cc1OC. The lowest BCUT2D eigenvalue weighted by atomic mass is 10.0. The van der Waals surface area contributed by atoms with E-state index in [1.807, 2.05) is 12.1 Å². The number of methoxy groups -OCH3 is 2. The number of benzene rings is 2. The molecule has 0 saturated carbocycles. The summed E-state index contributed by atoms with van der Waals surface area (Å²) in [6.45, 7) is 0. The summed E-state index contributed by atoms with van der Waals surface area (Å²) >= 11 is 0. The average molecular weight is 309 g/mol. The van der Waals surface area contributed by atoms with Gasteiger partial charge in [-0.3, -0.25) is 9.59 Å². The highest BCUT2D eigenvalue weighted by Crippen LogP contribution is 2.32. The van der Waals surface area contributed by atoms with Crippen LogP contribution in [0.25, 0.3) is 5.57 Å². The fourth-order valence-corrected chi connectivity index (χ4v) is 2.49. The van der Waals surface area contributed by atoms with Gasteiger partial charge in [-0.15, -0.1) is 0 Å². The molecule has 0 aromatic heterocycles. The minimum absolute atomic E-state index is 0.271. The molecular weight excluding hydrogens is 294 g/mol. The highest BCUT2D eigenvalue weighted by Gasteiger charge is 2.24. The van der Waals surface area contributed by atoms with Crippen molar-refractivity contribution >= 4 is 23.0 Å². The third-order valence-corrected chi connectivity index (χ3v) is 3.65. The van der Waals surface area contributed by atoms with E-state index in [9.17, 15) is 9.59 Å². The quantitative estimate of drug-likeness (QED) is 0.696. The number of anilines is 1. The fourth-order valence-electron chi connectivity index (χ4n) is 2.49. The Morgan fingerprint density at radius 3 is 2.52 bits per heavy atom. The van der Waals surface area contributed by atoms with Crippen molar-refractivity contribution in [3.8, 4) is 11.5 Å². The van der Waals surface area contributed by atoms with Gasteiger partial charge in [0.15, 0.2) is 17.3 Å². The Kier molecular flexibility index (Phi) is 3.85. The van der Waals surface area contributed by atoms with Gasteiger partial charge in [0.2, 0.25) is 0 Å². The molecule has 5 heteroatoms. The van der Waals surface area contributed by atoms with Gasteiger partial charge >= 0.3 is 0 Å². The van der Waals surface area contributed by atoms with Crippen molar-refractivity contribution in [3.63, 3.8) is 0 Å². The summed E-state index contributed by atoms with van der Waals surface area (Å²) in [5.41, 5.74) is 2.22. The molecular formula is C18H15NO4. The first-order valence-electron chi connectivity index (χ1n) is 7.03. The second-order valence-corrected chi connectivity index (χ2v) is 4.99. The summed E-state index contributed by atoms with van der Waals surface area (Å²) in [5, 5.41) is 2.74. The minimum Gasteiger partial charge on any atom is -0.493 e. The van der Waals surface area contributed by atoms with Crippen molar-refractivity contribution in [2.45, 2.75) is 0 Å². The maximum Gasteiger partial charge on any atom is 0.256 e. The van der Waals surface area contributed by atoms with Gasteiger partial charge in [-0.1, -0.05) is 18.2 Å². The van der Waals surface area contributed by atoms with Crippen LogP contribution in [0.15, 0.2) is 48.5 Å². The summed E-state index contributed by atoms with van der Waals surface area (Å²) in [6.07, 6.45) is 1.35. The second kappa shape index (κ2) is 5.96. The molecule has 0 unspecified atom stereocenters. The third kappa shape index (κ3) is 2.68. The van der Waals surface area contributed by atoms with E-state index in [1.165, 1.54) is 20.3 Å². The van der Waals surface area contributed by atoms with Gasteiger partial charge in [0.05, 0.1) is 19.8 Å². The standard InChI is InChI=1S/C18H15NO4/c1-22-16-8-7-11(9-17(16)23-2)15(20)10-13-12-5-3-4-6-14(12)19-18(13)21/h3-10H,1-2H3,(H,19,21). The predicted molar refractivity (Wildman–Crippen MR) is 86.9 cm³/mol. The van der Waals surface area contributed by atoms with E-state index >= 15 is 0 Å². The Morgan fingerprint density at radius 1 is 1.04 bits per heavy atom. The average Bonchev–Trinajstić information content (AvgIpc) is 2.89. The van der Waals surface area contributed by atoms with Gasteiger partial charge in [-0.05, 0) is 30.3 Å². The van der Waals surface area contributed by atoms with Crippen molar-refractivity contribution in [1.29, 1.82) is 0 Å². The van der Waals surface area contributed by atoms with Crippen LogP contribution in [0.4, 0.5) is 5.69 Å². The molecule has 0 aliphatic carbocycles. The van der Waals surface area contributed by atoms with Crippen molar-refractivity contribution in [2.24, 2.45) is 0 Å². The summed E-state index contributed by atoms with van der Waals surface area (Å²) in [5.74, 6) is 0.460. The van der Waals surface area contributed by atoms with Gasteiger partial charge in [-0.2, -0.15) is 0 Å². The van der Waals surface area contributed by atoms with E-state index in [0.717, 1.165) is 5.56 Å². The number of fused-ring (bicyclic) bond motifs is 1. The van der Waals surface area contributed by atoms with Crippen LogP contribution in [0.1, 0.15) is 15.9 Å². The molecule has 23 heavy (non-hydrogen) atoms. The third-order valence-electron chi connectivity index (χ3n) is 3.65. The lowest BCUT2D eigenvalue weighted by molar-refractivity contribution is -0.110. The van der Waals surface area contributed by atoms with Crippen LogP contribution < -0.4 is 14.8 Å². The van der Waals surface area contributed by atoms with Crippen molar-refractivity contribution in [2.75, 3.05) is 19.5 Å². The van der Waals surface area contributed by atoms with E-state index in [1.54, 1.807) is 30.3 Å². The normalized spacial score (nSPS) is 14.3. The molecule has 0 bridgehead atoms. The van der Waals surface area contributed by atoms with Gasteiger partial charge < -0.3 is 14.8 Å². The molecule has 1 aliphatic heterocycles. The molecule has 2 aromatic rings. The predicted octanol–water partition coefficient (Wildman–Crippen LogP) is 2.92. The number of hydrogen-bond acceptors (Lipinski definition) is 4. The van der Waals surface area contributed by atoms with E-state index in [-0.39, 0.29) is 11.7 Å². The molecule has 5 nitrogen and oxygen atoms in total. The largest absolute Gasteiger partial charge is 0.493 e. The van der Waals surface area contributed by atoms with Crippen LogP contribution in [0.2, 0.25) is 0 Å². The van der Waals surface area contributed by atoms with E-state index in [2.05, 4.69) is 5.32 Å². The molecule has 1 N–H and O–H groups in total. The van der Waals surface area contributed by atoms with Crippen molar-refractivity contribution < 1.29 is 19.1 Å². The number of carbonyl (C=O) groups excluding carboxylic acids is 2. The molecule has 0 saturated heterocycles. The number of ketones is 1. The zero-order chi connectivity index (χ0) is 16.4. The second-order valence-electron chi connectivity index (χ2n) is 4.99. The van der Waals surface area contributed by atoms with E-state index in [0.29, 0.717) is 28.3 Å². The van der Waals surface area contributed by atoms with E-state index in [4.69, 9.17) is 9.47 Å². The van der Waals surface area contributed by atoms with Crippen LogP contribution >= 0.6 is 0 Å². The highest BCUT2D eigenvalue weighted by molar-refractivity contribution is 6.35. The Balaban J connectivity index is 1.97. The number of hydrogen-bond donors (Lipinski definition) is 1. The Morgan fingerprint density at radius 2 is 1.78 bits per heavy atom. The molecule has 1 aliphatic rings. The zero-order valence-electron chi connectivity index (χ0n) is 12.8. The summed E-state index contributed by atoms with van der Waals surface area (Å²) in [4.78, 5) is 24.5. The maximum atomic E-state index is 12.5. The maximum absolute atomic E-state index is 12.5. The first kappa shape index (κ1) is 14.8. The summed E-state index contributed by atoms with van der Waals surface area (Å²) in [6, 6.07) is 12.2. The van der Waals surface area contributed by atoms with Gasteiger partial charge in [0, 0.05) is 16.8 Å². The smallest absolute Gasteiger partial charge is 0.256 e. The van der Waals surface area contributed by atoms with Crippen molar-refractivity contribution in [3.05, 3.63) is 59.7 Å². The molecule has 116 valence electrons. The number of carbonyl (C=O) groups is 2. The Labute approximate surface area is 133 Å². The zero-order valence-corrected chi connectivity index (χ0v) is 12.8. The van der Waals surface area contributed by atoms with Crippen molar-refractivity contribution in [1.82, 2.24) is 0 Å². The summed E-state index contributed by atoms with van der Waals surface area (Å²) < 4.78 is 10.3. The lowest BCUT2D eigenvalue weighted by Crippen LogP contribution is -2.06. The molecule has 1 amide bonds. The molecule has 1 heterocycles. The molecule has 2 aromatic carbocycles. The van der Waals surface area contributed by atoms with Crippen LogP contribution in [0.5, 0.6) is 11.5 Å². The van der Waals surface area contributed by atoms with Crippen LogP contribution in [-0.2, 0) is 4.79 Å². The van der Waals surface area contributed by atoms with Crippen LogP contribution in [-0.4, -0.2) is 25.9 Å². The summed E-state index contributed by atoms with van der Waals surface area (Å²) in [7, 11) is 3.03. The first-order valence-corrected chi connectivity index (χ1v) is 7.03. The number of nitrogens with one attached hydrogen (secondary N) is 1. The van der Waals surface area contributed by atoms with Gasteiger partial charge in [0.25, 0.3) is 5.91 Å². The molecule has 3 rings (SSSR count). The number of amides is 1. The topological polar surface area (TPSA) is 64.6 Å². The number of rotatable bonds is 4.